The average molecular weight is 250 g/mol. The SMILES string of the molecule is CC(C)NCc1ccc(-c2cccc(Cl)c2)o1. The van der Waals surface area contributed by atoms with Crippen LogP contribution in [0.2, 0.25) is 5.02 Å². The second-order valence-corrected chi connectivity index (χ2v) is 4.75. The summed E-state index contributed by atoms with van der Waals surface area (Å²) in [6, 6.07) is 12.1. The monoisotopic (exact) mass is 249 g/mol. The molecule has 2 rings (SSSR count). The van der Waals surface area contributed by atoms with Crippen molar-refractivity contribution < 1.29 is 4.42 Å². The Balaban J connectivity index is 2.12. The van der Waals surface area contributed by atoms with Gasteiger partial charge < -0.3 is 9.73 Å². The first-order valence-electron chi connectivity index (χ1n) is 5.73. The van der Waals surface area contributed by atoms with Crippen molar-refractivity contribution in [2.75, 3.05) is 0 Å². The highest BCUT2D eigenvalue weighted by Crippen LogP contribution is 2.24. The van der Waals surface area contributed by atoms with E-state index < -0.39 is 0 Å². The van der Waals surface area contributed by atoms with Crippen molar-refractivity contribution in [1.82, 2.24) is 5.32 Å². The minimum atomic E-state index is 0.453. The van der Waals surface area contributed by atoms with Gasteiger partial charge in [0, 0.05) is 16.6 Å². The van der Waals surface area contributed by atoms with Crippen molar-refractivity contribution in [3.63, 3.8) is 0 Å². The number of halogens is 1. The van der Waals surface area contributed by atoms with Crippen molar-refractivity contribution in [2.45, 2.75) is 26.4 Å². The summed E-state index contributed by atoms with van der Waals surface area (Å²) in [6.45, 7) is 4.97. The third-order valence-electron chi connectivity index (χ3n) is 2.46. The van der Waals surface area contributed by atoms with Gasteiger partial charge in [0.05, 0.1) is 6.54 Å². The van der Waals surface area contributed by atoms with Crippen LogP contribution >= 0.6 is 11.6 Å². The molecule has 90 valence electrons. The van der Waals surface area contributed by atoms with Gasteiger partial charge in [0.15, 0.2) is 0 Å². The smallest absolute Gasteiger partial charge is 0.134 e. The number of hydrogen-bond acceptors (Lipinski definition) is 2. The number of rotatable bonds is 4. The zero-order valence-corrected chi connectivity index (χ0v) is 10.8. The van der Waals surface area contributed by atoms with Gasteiger partial charge in [-0.15, -0.1) is 0 Å². The van der Waals surface area contributed by atoms with Gasteiger partial charge in [-0.25, -0.2) is 0 Å². The fourth-order valence-electron chi connectivity index (χ4n) is 1.57. The summed E-state index contributed by atoms with van der Waals surface area (Å²) in [4.78, 5) is 0. The Labute approximate surface area is 107 Å². The van der Waals surface area contributed by atoms with E-state index in [1.165, 1.54) is 0 Å². The molecule has 2 aromatic rings. The average Bonchev–Trinajstić information content (AvgIpc) is 2.75. The van der Waals surface area contributed by atoms with Crippen LogP contribution in [0.25, 0.3) is 11.3 Å². The highest BCUT2D eigenvalue weighted by Gasteiger charge is 2.05. The second-order valence-electron chi connectivity index (χ2n) is 4.31. The molecule has 0 atom stereocenters. The Bertz CT molecular complexity index is 490. The lowest BCUT2D eigenvalue weighted by Gasteiger charge is -2.05. The molecule has 1 aromatic heterocycles. The van der Waals surface area contributed by atoms with Gasteiger partial charge in [-0.1, -0.05) is 37.6 Å². The molecular weight excluding hydrogens is 234 g/mol. The first kappa shape index (κ1) is 12.2. The van der Waals surface area contributed by atoms with Crippen molar-refractivity contribution in [2.24, 2.45) is 0 Å². The van der Waals surface area contributed by atoms with Gasteiger partial charge in [-0.05, 0) is 24.3 Å². The van der Waals surface area contributed by atoms with E-state index in [1.54, 1.807) is 0 Å². The van der Waals surface area contributed by atoms with Crippen LogP contribution < -0.4 is 5.32 Å². The van der Waals surface area contributed by atoms with Gasteiger partial charge in [0.2, 0.25) is 0 Å². The van der Waals surface area contributed by atoms with E-state index in [4.69, 9.17) is 16.0 Å². The van der Waals surface area contributed by atoms with Crippen molar-refractivity contribution in [3.05, 3.63) is 47.2 Å². The first-order valence-corrected chi connectivity index (χ1v) is 6.11. The largest absolute Gasteiger partial charge is 0.460 e. The van der Waals surface area contributed by atoms with Gasteiger partial charge in [-0.3, -0.25) is 0 Å². The molecule has 1 aromatic carbocycles. The summed E-state index contributed by atoms with van der Waals surface area (Å²) in [5.41, 5.74) is 1.01. The van der Waals surface area contributed by atoms with Crippen LogP contribution in [0.4, 0.5) is 0 Å². The van der Waals surface area contributed by atoms with E-state index in [0.29, 0.717) is 6.04 Å². The number of furan rings is 1. The zero-order chi connectivity index (χ0) is 12.3. The molecule has 0 saturated heterocycles. The molecule has 0 radical (unpaired) electrons. The molecule has 0 aliphatic heterocycles. The van der Waals surface area contributed by atoms with Crippen molar-refractivity contribution >= 4 is 11.6 Å². The fraction of sp³-hybridized carbons (Fsp3) is 0.286. The highest BCUT2D eigenvalue weighted by molar-refractivity contribution is 6.30. The maximum atomic E-state index is 5.95. The van der Waals surface area contributed by atoms with Crippen LogP contribution in [0, 0.1) is 0 Å². The van der Waals surface area contributed by atoms with E-state index in [1.807, 2.05) is 36.4 Å². The highest BCUT2D eigenvalue weighted by atomic mass is 35.5. The lowest BCUT2D eigenvalue weighted by Crippen LogP contribution is -2.21. The quantitative estimate of drug-likeness (QED) is 0.883. The summed E-state index contributed by atoms with van der Waals surface area (Å²) < 4.78 is 5.75. The molecule has 0 bridgehead atoms. The van der Waals surface area contributed by atoms with E-state index in [9.17, 15) is 0 Å². The summed E-state index contributed by atoms with van der Waals surface area (Å²) in [7, 11) is 0. The Morgan fingerprint density at radius 2 is 2.06 bits per heavy atom. The third kappa shape index (κ3) is 3.35. The third-order valence-corrected chi connectivity index (χ3v) is 2.69. The van der Waals surface area contributed by atoms with Gasteiger partial charge >= 0.3 is 0 Å². The second kappa shape index (κ2) is 5.39. The molecule has 2 nitrogen and oxygen atoms in total. The first-order chi connectivity index (χ1) is 8.15. The van der Waals surface area contributed by atoms with Crippen LogP contribution in [0.15, 0.2) is 40.8 Å². The zero-order valence-electron chi connectivity index (χ0n) is 10.0. The van der Waals surface area contributed by atoms with Gasteiger partial charge in [-0.2, -0.15) is 0 Å². The predicted molar refractivity (Wildman–Crippen MR) is 71.1 cm³/mol. The maximum Gasteiger partial charge on any atom is 0.134 e. The molecule has 0 saturated carbocycles. The Morgan fingerprint density at radius 1 is 1.24 bits per heavy atom. The summed E-state index contributed by atoms with van der Waals surface area (Å²) >= 11 is 5.95. The Kier molecular flexibility index (Phi) is 3.87. The number of hydrogen-bond donors (Lipinski definition) is 1. The normalized spacial score (nSPS) is 11.1. The molecule has 0 aliphatic rings. The molecule has 1 heterocycles. The lowest BCUT2D eigenvalue weighted by atomic mass is 10.2. The Morgan fingerprint density at radius 3 is 2.76 bits per heavy atom. The molecular formula is C14H16ClNO. The topological polar surface area (TPSA) is 25.2 Å². The predicted octanol–water partition coefficient (Wildman–Crippen LogP) is 4.10. The lowest BCUT2D eigenvalue weighted by molar-refractivity contribution is 0.473. The number of benzene rings is 1. The maximum absolute atomic E-state index is 5.95. The molecule has 0 spiro atoms. The van der Waals surface area contributed by atoms with Crippen LogP contribution in [0.3, 0.4) is 0 Å². The van der Waals surface area contributed by atoms with E-state index in [0.717, 1.165) is 28.7 Å². The van der Waals surface area contributed by atoms with Gasteiger partial charge in [0.1, 0.15) is 11.5 Å². The van der Waals surface area contributed by atoms with Crippen LogP contribution in [0.5, 0.6) is 0 Å². The summed E-state index contributed by atoms with van der Waals surface area (Å²) in [5, 5.41) is 4.04. The van der Waals surface area contributed by atoms with E-state index in [2.05, 4.69) is 19.2 Å². The minimum absolute atomic E-state index is 0.453. The number of nitrogens with one attached hydrogen (secondary N) is 1. The minimum Gasteiger partial charge on any atom is -0.460 e. The molecule has 0 fully saturated rings. The van der Waals surface area contributed by atoms with E-state index in [-0.39, 0.29) is 0 Å². The molecule has 17 heavy (non-hydrogen) atoms. The summed E-state index contributed by atoms with van der Waals surface area (Å²) in [6.07, 6.45) is 0. The van der Waals surface area contributed by atoms with Crippen molar-refractivity contribution in [3.8, 4) is 11.3 Å². The molecule has 0 amide bonds. The summed E-state index contributed by atoms with van der Waals surface area (Å²) in [5.74, 6) is 1.79. The van der Waals surface area contributed by atoms with Crippen molar-refractivity contribution in [1.29, 1.82) is 0 Å². The van der Waals surface area contributed by atoms with Gasteiger partial charge in [0.25, 0.3) is 0 Å². The molecule has 0 aliphatic carbocycles. The van der Waals surface area contributed by atoms with E-state index >= 15 is 0 Å². The standard InChI is InChI=1S/C14H16ClNO/c1-10(2)16-9-13-6-7-14(17-13)11-4-3-5-12(15)8-11/h3-8,10,16H,9H2,1-2H3. The van der Waals surface area contributed by atoms with Crippen LogP contribution in [-0.2, 0) is 6.54 Å². The fourth-order valence-corrected chi connectivity index (χ4v) is 1.76. The van der Waals surface area contributed by atoms with Crippen LogP contribution in [0.1, 0.15) is 19.6 Å². The molecule has 0 unspecified atom stereocenters. The molecule has 1 N–H and O–H groups in total. The molecule has 3 heteroatoms. The van der Waals surface area contributed by atoms with Crippen LogP contribution in [-0.4, -0.2) is 6.04 Å². The Hall–Kier alpha value is -1.25.